The van der Waals surface area contributed by atoms with Gasteiger partial charge < -0.3 is 14.7 Å². The van der Waals surface area contributed by atoms with Crippen molar-refractivity contribution in [3.8, 4) is 0 Å². The maximum absolute atomic E-state index is 12.9. The van der Waals surface area contributed by atoms with E-state index in [1.54, 1.807) is 6.92 Å². The molecule has 0 radical (unpaired) electrons. The van der Waals surface area contributed by atoms with Crippen molar-refractivity contribution in [1.82, 2.24) is 15.6 Å². The van der Waals surface area contributed by atoms with E-state index in [9.17, 15) is 19.5 Å². The third kappa shape index (κ3) is 9.57. The molecule has 0 bridgehead atoms. The molecule has 1 aliphatic rings. The number of carboxylic acids is 1. The van der Waals surface area contributed by atoms with E-state index >= 15 is 0 Å². The van der Waals surface area contributed by atoms with Gasteiger partial charge in [-0.1, -0.05) is 30.3 Å². The number of likely N-dealkylation sites (tertiary alicyclic amines) is 1. The highest BCUT2D eigenvalue weighted by Gasteiger charge is 2.37. The van der Waals surface area contributed by atoms with Crippen molar-refractivity contribution in [2.45, 2.75) is 50.7 Å². The summed E-state index contributed by atoms with van der Waals surface area (Å²) in [7, 11) is 0. The highest BCUT2D eigenvalue weighted by Crippen LogP contribution is 2.19. The first kappa shape index (κ1) is 28.0. The highest BCUT2D eigenvalue weighted by molar-refractivity contribution is 7.99. The zero-order valence-corrected chi connectivity index (χ0v) is 20.0. The summed E-state index contributed by atoms with van der Waals surface area (Å²) in [4.78, 5) is 42.9. The molecule has 2 rings (SSSR count). The SMILES string of the molecule is CC(NC(CCc1ccccc1)C(=O)OCCSCCON(O)O)C(=O)N1CCCC1C(=O)O. The Morgan fingerprint density at radius 1 is 1.21 bits per heavy atom. The van der Waals surface area contributed by atoms with Gasteiger partial charge in [0, 0.05) is 18.1 Å². The number of benzene rings is 1. The van der Waals surface area contributed by atoms with E-state index in [-0.39, 0.29) is 24.5 Å². The van der Waals surface area contributed by atoms with E-state index in [2.05, 4.69) is 10.2 Å². The molecule has 4 N–H and O–H groups in total. The summed E-state index contributed by atoms with van der Waals surface area (Å²) in [6.07, 6.45) is 2.06. The van der Waals surface area contributed by atoms with Gasteiger partial charge in [0.25, 0.3) is 0 Å². The van der Waals surface area contributed by atoms with Crippen molar-refractivity contribution in [3.63, 3.8) is 0 Å². The number of thioether (sulfide) groups is 1. The molecule has 3 atom stereocenters. The van der Waals surface area contributed by atoms with Gasteiger partial charge in [0.15, 0.2) is 0 Å². The van der Waals surface area contributed by atoms with Crippen LogP contribution in [0.25, 0.3) is 0 Å². The van der Waals surface area contributed by atoms with E-state index in [4.69, 9.17) is 15.2 Å². The Labute approximate surface area is 202 Å². The first-order valence-corrected chi connectivity index (χ1v) is 12.3. The van der Waals surface area contributed by atoms with E-state index in [0.717, 1.165) is 5.56 Å². The first-order chi connectivity index (χ1) is 16.3. The smallest absolute Gasteiger partial charge is 0.326 e. The zero-order chi connectivity index (χ0) is 24.9. The molecule has 0 saturated carbocycles. The summed E-state index contributed by atoms with van der Waals surface area (Å²) in [6.45, 7) is 2.24. The average Bonchev–Trinajstić information content (AvgIpc) is 3.31. The molecule has 1 aromatic rings. The van der Waals surface area contributed by atoms with Crippen LogP contribution >= 0.6 is 11.8 Å². The topological polar surface area (TPSA) is 149 Å². The number of carboxylic acid groups (broad SMARTS) is 1. The summed E-state index contributed by atoms with van der Waals surface area (Å²) < 4.78 is 5.39. The fourth-order valence-corrected chi connectivity index (χ4v) is 4.31. The lowest BCUT2D eigenvalue weighted by molar-refractivity contribution is -0.490. The summed E-state index contributed by atoms with van der Waals surface area (Å²) >= 11 is 1.41. The van der Waals surface area contributed by atoms with Crippen LogP contribution in [0.1, 0.15) is 31.7 Å². The molecule has 190 valence electrons. The van der Waals surface area contributed by atoms with Gasteiger partial charge in [-0.25, -0.2) is 9.63 Å². The molecular formula is C22H33N3O8S. The number of aryl methyl sites for hydroxylation is 1. The number of carbonyl (C=O) groups excluding carboxylic acids is 2. The van der Waals surface area contributed by atoms with Crippen molar-refractivity contribution in [3.05, 3.63) is 35.9 Å². The number of hydrogen-bond acceptors (Lipinski definition) is 10. The van der Waals surface area contributed by atoms with E-state index in [0.29, 0.717) is 43.7 Å². The van der Waals surface area contributed by atoms with Gasteiger partial charge in [-0.05, 0) is 38.2 Å². The van der Waals surface area contributed by atoms with Crippen molar-refractivity contribution in [1.29, 1.82) is 0 Å². The predicted octanol–water partition coefficient (Wildman–Crippen LogP) is 1.33. The number of rotatable bonds is 15. The van der Waals surface area contributed by atoms with Gasteiger partial charge in [-0.3, -0.25) is 25.3 Å². The number of ether oxygens (including phenoxy) is 1. The summed E-state index contributed by atoms with van der Waals surface area (Å²) in [5, 5.41) is 29.0. The lowest BCUT2D eigenvalue weighted by Crippen LogP contribution is -2.53. The molecule has 1 heterocycles. The summed E-state index contributed by atoms with van der Waals surface area (Å²) in [6, 6.07) is 7.32. The molecule has 3 unspecified atom stereocenters. The van der Waals surface area contributed by atoms with Gasteiger partial charge in [0.2, 0.25) is 5.91 Å². The Morgan fingerprint density at radius 3 is 2.59 bits per heavy atom. The van der Waals surface area contributed by atoms with Gasteiger partial charge in [-0.15, -0.1) is 0 Å². The van der Waals surface area contributed by atoms with Crippen LogP contribution in [0.4, 0.5) is 0 Å². The van der Waals surface area contributed by atoms with Crippen molar-refractivity contribution < 1.29 is 39.5 Å². The molecule has 0 aromatic heterocycles. The first-order valence-electron chi connectivity index (χ1n) is 11.2. The van der Waals surface area contributed by atoms with Crippen LogP contribution in [0.5, 0.6) is 0 Å². The second kappa shape index (κ2) is 14.9. The van der Waals surface area contributed by atoms with E-state index < -0.39 is 30.1 Å². The Hall–Kier alpha value is -2.22. The van der Waals surface area contributed by atoms with Crippen LogP contribution in [0.3, 0.4) is 0 Å². The second-order valence-electron chi connectivity index (χ2n) is 7.86. The minimum absolute atomic E-state index is 0.0837. The summed E-state index contributed by atoms with van der Waals surface area (Å²) in [5.74, 6) is -0.899. The monoisotopic (exact) mass is 499 g/mol. The van der Waals surface area contributed by atoms with Crippen LogP contribution in [0.2, 0.25) is 0 Å². The van der Waals surface area contributed by atoms with E-state index in [1.165, 1.54) is 16.7 Å². The number of nitrogens with one attached hydrogen (secondary N) is 1. The molecule has 1 aromatic carbocycles. The number of nitrogens with zero attached hydrogens (tertiary/aromatic N) is 2. The fourth-order valence-electron chi connectivity index (χ4n) is 3.72. The Morgan fingerprint density at radius 2 is 1.91 bits per heavy atom. The molecule has 1 amide bonds. The average molecular weight is 500 g/mol. The lowest BCUT2D eigenvalue weighted by atomic mass is 10.0. The number of esters is 1. The normalized spacial score (nSPS) is 17.5. The Balaban J connectivity index is 1.90. The number of aliphatic carboxylic acids is 1. The molecule has 0 spiro atoms. The van der Waals surface area contributed by atoms with Crippen LogP contribution in [0, 0.1) is 0 Å². The van der Waals surface area contributed by atoms with Gasteiger partial charge in [0.05, 0.1) is 18.0 Å². The number of carbonyl (C=O) groups is 3. The van der Waals surface area contributed by atoms with Crippen LogP contribution < -0.4 is 5.32 Å². The third-order valence-electron chi connectivity index (χ3n) is 5.40. The van der Waals surface area contributed by atoms with Crippen LogP contribution in [-0.2, 0) is 30.4 Å². The second-order valence-corrected chi connectivity index (χ2v) is 9.08. The van der Waals surface area contributed by atoms with Crippen LogP contribution in [0.15, 0.2) is 30.3 Å². The third-order valence-corrected chi connectivity index (χ3v) is 6.31. The zero-order valence-electron chi connectivity index (χ0n) is 19.2. The maximum Gasteiger partial charge on any atom is 0.326 e. The highest BCUT2D eigenvalue weighted by atomic mass is 32.2. The number of hydrogen-bond donors (Lipinski definition) is 4. The molecular weight excluding hydrogens is 466 g/mol. The standard InChI is InChI=1S/C22H33N3O8S/c1-16(20(26)24-11-5-8-19(24)21(27)28)23-18(10-9-17-6-3-2-4-7-17)22(29)32-12-14-34-15-13-33-25(30)31/h2-4,6-7,16,18-19,23,30-31H,5,8-15H2,1H3,(H,27,28). The minimum Gasteiger partial charge on any atom is -0.480 e. The fraction of sp³-hybridized carbons (Fsp3) is 0.591. The van der Waals surface area contributed by atoms with Gasteiger partial charge in [0.1, 0.15) is 18.7 Å². The number of amides is 1. The minimum atomic E-state index is -1.02. The molecule has 1 saturated heterocycles. The maximum atomic E-state index is 12.9. The molecule has 0 aliphatic carbocycles. The Kier molecular flexibility index (Phi) is 12.3. The molecule has 11 nitrogen and oxygen atoms in total. The van der Waals surface area contributed by atoms with Crippen molar-refractivity contribution >= 4 is 29.6 Å². The molecule has 1 fully saturated rings. The van der Waals surface area contributed by atoms with E-state index in [1.807, 2.05) is 30.3 Å². The van der Waals surface area contributed by atoms with Gasteiger partial charge >= 0.3 is 11.9 Å². The van der Waals surface area contributed by atoms with Crippen LogP contribution in [-0.4, -0.2) is 93.0 Å². The largest absolute Gasteiger partial charge is 0.480 e. The molecule has 12 heteroatoms. The molecule has 1 aliphatic heterocycles. The molecule has 34 heavy (non-hydrogen) atoms. The van der Waals surface area contributed by atoms with Gasteiger partial charge in [-0.2, -0.15) is 11.8 Å². The Bertz CT molecular complexity index is 783. The quantitative estimate of drug-likeness (QED) is 0.157. The predicted molar refractivity (Wildman–Crippen MR) is 123 cm³/mol. The van der Waals surface area contributed by atoms with Crippen molar-refractivity contribution in [2.24, 2.45) is 0 Å². The van der Waals surface area contributed by atoms with Crippen molar-refractivity contribution in [2.75, 3.05) is 31.3 Å². The summed E-state index contributed by atoms with van der Waals surface area (Å²) in [5.41, 5.74) is 1.05. The lowest BCUT2D eigenvalue weighted by Gasteiger charge is -2.28.